The van der Waals surface area contributed by atoms with E-state index in [1.54, 1.807) is 14.2 Å². The van der Waals surface area contributed by atoms with Gasteiger partial charge in [-0.25, -0.2) is 0 Å². The van der Waals surface area contributed by atoms with Crippen molar-refractivity contribution < 1.29 is 9.47 Å². The van der Waals surface area contributed by atoms with Gasteiger partial charge in [0, 0.05) is 48.9 Å². The predicted molar refractivity (Wildman–Crippen MR) is 124 cm³/mol. The Morgan fingerprint density at radius 2 is 1.43 bits per heavy atom. The van der Waals surface area contributed by atoms with Crippen molar-refractivity contribution in [2.24, 2.45) is 0 Å². The van der Waals surface area contributed by atoms with Gasteiger partial charge in [0.15, 0.2) is 0 Å². The monoisotopic (exact) mass is 422 g/mol. The van der Waals surface area contributed by atoms with E-state index in [1.165, 1.54) is 11.3 Å². The molecule has 0 N–H and O–H groups in total. The fourth-order valence-electron chi connectivity index (χ4n) is 4.04. The molecule has 0 atom stereocenters. The van der Waals surface area contributed by atoms with E-state index >= 15 is 0 Å². The highest BCUT2D eigenvalue weighted by Crippen LogP contribution is 2.35. The Kier molecular flexibility index (Phi) is 6.46. The second-order valence-electron chi connectivity index (χ2n) is 7.45. The van der Waals surface area contributed by atoms with Gasteiger partial charge in [-0.1, -0.05) is 48.0 Å². The molecule has 1 heterocycles. The van der Waals surface area contributed by atoms with Crippen LogP contribution < -0.4 is 14.4 Å². The number of ether oxygens (including phenoxy) is 2. The average molecular weight is 423 g/mol. The van der Waals surface area contributed by atoms with Crippen LogP contribution in [0.15, 0.2) is 66.7 Å². The van der Waals surface area contributed by atoms with Gasteiger partial charge in [-0.2, -0.15) is 0 Å². The largest absolute Gasteiger partial charge is 0.496 e. The molecule has 156 valence electrons. The first-order valence-corrected chi connectivity index (χ1v) is 10.6. The minimum absolute atomic E-state index is 0.740. The van der Waals surface area contributed by atoms with E-state index in [2.05, 4.69) is 40.1 Å². The van der Waals surface area contributed by atoms with Gasteiger partial charge in [0.05, 0.1) is 19.9 Å². The maximum absolute atomic E-state index is 6.53. The normalized spacial score (nSPS) is 14.6. The van der Waals surface area contributed by atoms with Crippen LogP contribution in [0.2, 0.25) is 5.02 Å². The van der Waals surface area contributed by atoms with Crippen molar-refractivity contribution in [3.05, 3.63) is 77.3 Å². The molecule has 1 aliphatic heterocycles. The van der Waals surface area contributed by atoms with Gasteiger partial charge in [0.1, 0.15) is 11.5 Å². The number of halogens is 1. The molecule has 0 saturated carbocycles. The summed E-state index contributed by atoms with van der Waals surface area (Å²) >= 11 is 6.53. The van der Waals surface area contributed by atoms with Crippen molar-refractivity contribution in [3.63, 3.8) is 0 Å². The predicted octanol–water partition coefficient (Wildman–Crippen LogP) is 5.35. The second kappa shape index (κ2) is 9.41. The third kappa shape index (κ3) is 4.40. The van der Waals surface area contributed by atoms with Gasteiger partial charge in [-0.15, -0.1) is 0 Å². The molecule has 3 aromatic rings. The number of piperazine rings is 1. The highest BCUT2D eigenvalue weighted by Gasteiger charge is 2.20. The summed E-state index contributed by atoms with van der Waals surface area (Å²) in [6.45, 7) is 4.87. The van der Waals surface area contributed by atoms with E-state index in [1.807, 2.05) is 36.4 Å². The van der Waals surface area contributed by atoms with Gasteiger partial charge in [0.25, 0.3) is 0 Å². The first-order chi connectivity index (χ1) is 14.7. The van der Waals surface area contributed by atoms with Crippen LogP contribution in [0.4, 0.5) is 5.69 Å². The molecule has 1 fully saturated rings. The SMILES string of the molecule is COc1ccccc1-c1cc(CN2CCN(c3ccccc3OC)CC2)ccc1Cl. The Morgan fingerprint density at radius 1 is 0.767 bits per heavy atom. The number of nitrogens with zero attached hydrogens (tertiary/aromatic N) is 2. The molecule has 4 nitrogen and oxygen atoms in total. The summed E-state index contributed by atoms with van der Waals surface area (Å²) in [6, 6.07) is 22.5. The number of hydrogen-bond acceptors (Lipinski definition) is 4. The van der Waals surface area contributed by atoms with Crippen LogP contribution in [0.1, 0.15) is 5.56 Å². The Labute approximate surface area is 183 Å². The van der Waals surface area contributed by atoms with Gasteiger partial charge in [0.2, 0.25) is 0 Å². The first kappa shape index (κ1) is 20.6. The zero-order valence-electron chi connectivity index (χ0n) is 17.5. The molecule has 1 saturated heterocycles. The third-order valence-electron chi connectivity index (χ3n) is 5.63. The Hall–Kier alpha value is -2.69. The fourth-order valence-corrected chi connectivity index (χ4v) is 4.26. The van der Waals surface area contributed by atoms with Crippen molar-refractivity contribution >= 4 is 17.3 Å². The van der Waals surface area contributed by atoms with Crippen molar-refractivity contribution in [3.8, 4) is 22.6 Å². The molecule has 5 heteroatoms. The molecule has 0 spiro atoms. The number of rotatable bonds is 6. The van der Waals surface area contributed by atoms with E-state index in [9.17, 15) is 0 Å². The van der Waals surface area contributed by atoms with E-state index in [0.717, 1.165) is 60.4 Å². The molecular formula is C25H27ClN2O2. The summed E-state index contributed by atoms with van der Waals surface area (Å²) in [5.74, 6) is 1.77. The summed E-state index contributed by atoms with van der Waals surface area (Å²) < 4.78 is 11.1. The number of hydrogen-bond donors (Lipinski definition) is 0. The standard InChI is InChI=1S/C25H27ClN2O2/c1-29-24-9-5-3-7-20(24)21-17-19(11-12-22(21)26)18-27-13-15-28(16-14-27)23-8-4-6-10-25(23)30-2/h3-12,17H,13-16,18H2,1-2H3. The van der Waals surface area contributed by atoms with Crippen molar-refractivity contribution in [2.45, 2.75) is 6.54 Å². The molecule has 0 aliphatic carbocycles. The number of para-hydroxylation sites is 3. The summed E-state index contributed by atoms with van der Waals surface area (Å²) in [6.07, 6.45) is 0. The zero-order chi connectivity index (χ0) is 20.9. The van der Waals surface area contributed by atoms with Gasteiger partial charge >= 0.3 is 0 Å². The highest BCUT2D eigenvalue weighted by molar-refractivity contribution is 6.33. The molecule has 0 bridgehead atoms. The third-order valence-corrected chi connectivity index (χ3v) is 5.96. The van der Waals surface area contributed by atoms with E-state index in [4.69, 9.17) is 21.1 Å². The molecule has 4 rings (SSSR count). The average Bonchev–Trinajstić information content (AvgIpc) is 2.81. The summed E-state index contributed by atoms with van der Waals surface area (Å²) in [5, 5.41) is 0.740. The first-order valence-electron chi connectivity index (χ1n) is 10.2. The molecule has 0 aromatic heterocycles. The highest BCUT2D eigenvalue weighted by atomic mass is 35.5. The molecule has 0 unspecified atom stereocenters. The lowest BCUT2D eigenvalue weighted by Gasteiger charge is -2.36. The van der Waals surface area contributed by atoms with Crippen LogP contribution >= 0.6 is 11.6 Å². The van der Waals surface area contributed by atoms with Crippen molar-refractivity contribution in [1.82, 2.24) is 4.90 Å². The summed E-state index contributed by atoms with van der Waals surface area (Å²) in [7, 11) is 3.42. The number of benzene rings is 3. The molecule has 3 aromatic carbocycles. The van der Waals surface area contributed by atoms with E-state index in [-0.39, 0.29) is 0 Å². The topological polar surface area (TPSA) is 24.9 Å². The van der Waals surface area contributed by atoms with Gasteiger partial charge in [-0.05, 0) is 35.9 Å². The van der Waals surface area contributed by atoms with Crippen molar-refractivity contribution in [1.29, 1.82) is 0 Å². The van der Waals surface area contributed by atoms with Crippen LogP contribution in [0.25, 0.3) is 11.1 Å². The summed E-state index contributed by atoms with van der Waals surface area (Å²) in [4.78, 5) is 4.89. The van der Waals surface area contributed by atoms with Crippen LogP contribution in [0.5, 0.6) is 11.5 Å². The molecule has 30 heavy (non-hydrogen) atoms. The minimum atomic E-state index is 0.740. The lowest BCUT2D eigenvalue weighted by atomic mass is 10.0. The molecular weight excluding hydrogens is 396 g/mol. The maximum atomic E-state index is 6.53. The molecule has 0 radical (unpaired) electrons. The summed E-state index contributed by atoms with van der Waals surface area (Å²) in [5.41, 5.74) is 4.46. The van der Waals surface area contributed by atoms with Gasteiger partial charge < -0.3 is 14.4 Å². The van der Waals surface area contributed by atoms with Crippen LogP contribution in [-0.2, 0) is 6.54 Å². The van der Waals surface area contributed by atoms with Crippen LogP contribution in [0.3, 0.4) is 0 Å². The lowest BCUT2D eigenvalue weighted by Crippen LogP contribution is -2.46. The Balaban J connectivity index is 1.46. The van der Waals surface area contributed by atoms with Gasteiger partial charge in [-0.3, -0.25) is 4.90 Å². The number of anilines is 1. The Bertz CT molecular complexity index is 1000. The Morgan fingerprint density at radius 3 is 2.17 bits per heavy atom. The quantitative estimate of drug-likeness (QED) is 0.534. The second-order valence-corrected chi connectivity index (χ2v) is 7.86. The van der Waals surface area contributed by atoms with E-state index in [0.29, 0.717) is 0 Å². The van der Waals surface area contributed by atoms with E-state index < -0.39 is 0 Å². The van der Waals surface area contributed by atoms with Crippen LogP contribution in [-0.4, -0.2) is 45.3 Å². The smallest absolute Gasteiger partial charge is 0.142 e. The zero-order valence-corrected chi connectivity index (χ0v) is 18.2. The lowest BCUT2D eigenvalue weighted by molar-refractivity contribution is 0.249. The minimum Gasteiger partial charge on any atom is -0.496 e. The fraction of sp³-hybridized carbons (Fsp3) is 0.280. The molecule has 1 aliphatic rings. The number of methoxy groups -OCH3 is 2. The maximum Gasteiger partial charge on any atom is 0.142 e. The van der Waals surface area contributed by atoms with Crippen LogP contribution in [0, 0.1) is 0 Å². The van der Waals surface area contributed by atoms with Crippen molar-refractivity contribution in [2.75, 3.05) is 45.3 Å². The molecule has 0 amide bonds.